The molecule has 0 radical (unpaired) electrons. The van der Waals surface area contributed by atoms with Crippen molar-refractivity contribution in [3.63, 3.8) is 0 Å². The molecule has 31 heavy (non-hydrogen) atoms. The summed E-state index contributed by atoms with van der Waals surface area (Å²) in [5.74, 6) is 3.46. The number of guanidine groups is 1. The van der Waals surface area contributed by atoms with E-state index in [9.17, 15) is 0 Å². The van der Waals surface area contributed by atoms with Gasteiger partial charge in [-0.25, -0.2) is 4.99 Å². The molecule has 1 unspecified atom stereocenters. The van der Waals surface area contributed by atoms with Gasteiger partial charge in [-0.3, -0.25) is 0 Å². The lowest BCUT2D eigenvalue weighted by molar-refractivity contribution is 0.191. The second-order valence-electron chi connectivity index (χ2n) is 8.47. The number of halogens is 1. The van der Waals surface area contributed by atoms with Crippen LogP contribution in [0.1, 0.15) is 56.4 Å². The van der Waals surface area contributed by atoms with Gasteiger partial charge < -0.3 is 20.1 Å². The van der Waals surface area contributed by atoms with Crippen LogP contribution >= 0.6 is 24.0 Å². The molecule has 8 heteroatoms. The molecule has 2 aromatic rings. The zero-order valence-corrected chi connectivity index (χ0v) is 21.7. The summed E-state index contributed by atoms with van der Waals surface area (Å²) >= 11 is 0. The first-order valence-corrected chi connectivity index (χ1v) is 11.2. The fraction of sp³-hybridized carbons (Fsp3) is 0.609. The van der Waals surface area contributed by atoms with Crippen LogP contribution in [0.5, 0.6) is 0 Å². The van der Waals surface area contributed by atoms with Crippen molar-refractivity contribution in [3.8, 4) is 0 Å². The molecule has 1 fully saturated rings. The summed E-state index contributed by atoms with van der Waals surface area (Å²) < 4.78 is 1.99. The summed E-state index contributed by atoms with van der Waals surface area (Å²) in [4.78, 5) is 7.37. The van der Waals surface area contributed by atoms with Crippen LogP contribution in [0.3, 0.4) is 0 Å². The van der Waals surface area contributed by atoms with Crippen LogP contribution < -0.4 is 10.6 Å². The van der Waals surface area contributed by atoms with Crippen molar-refractivity contribution >= 4 is 29.9 Å². The molecule has 0 spiro atoms. The van der Waals surface area contributed by atoms with Gasteiger partial charge in [0, 0.05) is 13.6 Å². The molecule has 2 heterocycles. The van der Waals surface area contributed by atoms with E-state index in [1.807, 2.05) is 24.6 Å². The predicted octanol–water partition coefficient (Wildman–Crippen LogP) is 3.66. The molecule has 1 aliphatic heterocycles. The van der Waals surface area contributed by atoms with Crippen LogP contribution in [0.2, 0.25) is 0 Å². The summed E-state index contributed by atoms with van der Waals surface area (Å²) in [6, 6.07) is 10.6. The molecule has 172 valence electrons. The quantitative estimate of drug-likeness (QED) is 0.232. The van der Waals surface area contributed by atoms with E-state index >= 15 is 0 Å². The third-order valence-corrected chi connectivity index (χ3v) is 6.03. The molecule has 7 nitrogen and oxygen atoms in total. The zero-order valence-electron chi connectivity index (χ0n) is 19.3. The number of benzene rings is 1. The van der Waals surface area contributed by atoms with Crippen molar-refractivity contribution < 1.29 is 0 Å². The van der Waals surface area contributed by atoms with Gasteiger partial charge in [-0.15, -0.1) is 34.2 Å². The molecule has 2 N–H and O–H groups in total. The van der Waals surface area contributed by atoms with E-state index < -0.39 is 0 Å². The highest BCUT2D eigenvalue weighted by Crippen LogP contribution is 2.15. The molecule has 1 aliphatic rings. The van der Waals surface area contributed by atoms with Crippen molar-refractivity contribution in [3.05, 3.63) is 47.5 Å². The highest BCUT2D eigenvalue weighted by Gasteiger charge is 2.15. The third kappa shape index (κ3) is 8.07. The fourth-order valence-electron chi connectivity index (χ4n) is 3.72. The molecular weight excluding hydrogens is 501 g/mol. The number of likely N-dealkylation sites (tertiary alicyclic amines) is 1. The Hall–Kier alpha value is -1.68. The number of piperidine rings is 1. The smallest absolute Gasteiger partial charge is 0.192 e. The summed E-state index contributed by atoms with van der Waals surface area (Å²) in [5, 5.41) is 15.4. The van der Waals surface area contributed by atoms with E-state index in [1.54, 1.807) is 0 Å². The summed E-state index contributed by atoms with van der Waals surface area (Å²) in [7, 11) is 1.98. The average Bonchev–Trinajstić information content (AvgIpc) is 3.08. The van der Waals surface area contributed by atoms with Crippen LogP contribution in [0.25, 0.3) is 0 Å². The van der Waals surface area contributed by atoms with Crippen molar-refractivity contribution in [2.45, 2.75) is 52.6 Å². The van der Waals surface area contributed by atoms with Crippen LogP contribution in [-0.4, -0.2) is 51.8 Å². The molecule has 0 saturated carbocycles. The highest BCUT2D eigenvalue weighted by molar-refractivity contribution is 14.0. The van der Waals surface area contributed by atoms with Gasteiger partial charge in [-0.1, -0.05) is 37.3 Å². The molecule has 1 saturated heterocycles. The molecule has 1 aromatic carbocycles. The SMILES string of the molecule is Cc1nnc(CN=C(NCCCN2CCC(C)CC2)NC(C)c2ccccc2)n1C.I. The Morgan fingerprint density at radius 3 is 2.55 bits per heavy atom. The first-order chi connectivity index (χ1) is 14.5. The molecule has 3 rings (SSSR count). The van der Waals surface area contributed by atoms with Crippen molar-refractivity contribution in [2.75, 3.05) is 26.2 Å². The maximum atomic E-state index is 4.79. The number of aliphatic imine (C=N–C) groups is 1. The number of aryl methyl sites for hydroxylation is 1. The monoisotopic (exact) mass is 539 g/mol. The van der Waals surface area contributed by atoms with Crippen LogP contribution in [-0.2, 0) is 13.6 Å². The number of nitrogens with one attached hydrogen (secondary N) is 2. The van der Waals surface area contributed by atoms with Crippen LogP contribution in [0, 0.1) is 12.8 Å². The molecule has 1 atom stereocenters. The average molecular weight is 540 g/mol. The lowest BCUT2D eigenvalue weighted by Crippen LogP contribution is -2.41. The van der Waals surface area contributed by atoms with Crippen molar-refractivity contribution in [2.24, 2.45) is 18.0 Å². The maximum Gasteiger partial charge on any atom is 0.192 e. The molecular formula is C23H38IN7. The van der Waals surface area contributed by atoms with Gasteiger partial charge >= 0.3 is 0 Å². The Labute approximate surface area is 204 Å². The predicted molar refractivity (Wildman–Crippen MR) is 138 cm³/mol. The Balaban J connectivity index is 0.00000341. The number of aromatic nitrogens is 3. The normalized spacial score (nSPS) is 16.6. The van der Waals surface area contributed by atoms with Gasteiger partial charge in [0.1, 0.15) is 12.4 Å². The lowest BCUT2D eigenvalue weighted by Gasteiger charge is -2.30. The third-order valence-electron chi connectivity index (χ3n) is 6.03. The minimum absolute atomic E-state index is 0. The lowest BCUT2D eigenvalue weighted by atomic mass is 9.99. The Kier molecular flexibility index (Phi) is 10.7. The molecule has 0 amide bonds. The van der Waals surface area contributed by atoms with Crippen molar-refractivity contribution in [1.82, 2.24) is 30.3 Å². The van der Waals surface area contributed by atoms with Gasteiger partial charge in [-0.2, -0.15) is 0 Å². The summed E-state index contributed by atoms with van der Waals surface area (Å²) in [6.45, 7) is 11.5. The Morgan fingerprint density at radius 2 is 1.90 bits per heavy atom. The van der Waals surface area contributed by atoms with E-state index in [2.05, 4.69) is 63.8 Å². The first-order valence-electron chi connectivity index (χ1n) is 11.2. The standard InChI is InChI=1S/C23H37N7.HI/c1-18-11-15-30(16-12-18)14-8-13-24-23(25-17-22-28-27-20(3)29(22)4)26-19(2)21-9-6-5-7-10-21;/h5-7,9-10,18-19H,8,11-17H2,1-4H3,(H2,24,25,26);1H. The van der Waals surface area contributed by atoms with E-state index in [1.165, 1.54) is 31.5 Å². The second-order valence-corrected chi connectivity index (χ2v) is 8.47. The minimum atomic E-state index is 0. The van der Waals surface area contributed by atoms with Crippen LogP contribution in [0.15, 0.2) is 35.3 Å². The number of rotatable bonds is 8. The highest BCUT2D eigenvalue weighted by atomic mass is 127. The maximum absolute atomic E-state index is 4.79. The van der Waals surface area contributed by atoms with E-state index in [-0.39, 0.29) is 30.0 Å². The van der Waals surface area contributed by atoms with E-state index in [0.29, 0.717) is 6.54 Å². The Morgan fingerprint density at radius 1 is 1.19 bits per heavy atom. The topological polar surface area (TPSA) is 70.4 Å². The molecule has 1 aromatic heterocycles. The Bertz CT molecular complexity index is 798. The van der Waals surface area contributed by atoms with E-state index in [0.717, 1.165) is 43.0 Å². The largest absolute Gasteiger partial charge is 0.356 e. The zero-order chi connectivity index (χ0) is 21.3. The van der Waals surface area contributed by atoms with Gasteiger partial charge in [0.05, 0.1) is 6.04 Å². The van der Waals surface area contributed by atoms with Crippen molar-refractivity contribution in [1.29, 1.82) is 0 Å². The van der Waals surface area contributed by atoms with Gasteiger partial charge in [-0.05, 0) is 64.2 Å². The van der Waals surface area contributed by atoms with Crippen LogP contribution in [0.4, 0.5) is 0 Å². The van der Waals surface area contributed by atoms with Gasteiger partial charge in [0.15, 0.2) is 11.8 Å². The second kappa shape index (κ2) is 13.0. The molecule has 0 bridgehead atoms. The van der Waals surface area contributed by atoms with E-state index in [4.69, 9.17) is 4.99 Å². The number of hydrogen-bond acceptors (Lipinski definition) is 4. The molecule has 0 aliphatic carbocycles. The first kappa shape index (κ1) is 25.6. The van der Waals surface area contributed by atoms with Gasteiger partial charge in [0.25, 0.3) is 0 Å². The fourth-order valence-corrected chi connectivity index (χ4v) is 3.72. The van der Waals surface area contributed by atoms with Gasteiger partial charge in [0.2, 0.25) is 0 Å². The summed E-state index contributed by atoms with van der Waals surface area (Å²) in [6.07, 6.45) is 3.76. The number of hydrogen-bond donors (Lipinski definition) is 2. The summed E-state index contributed by atoms with van der Waals surface area (Å²) in [5.41, 5.74) is 1.24. The minimum Gasteiger partial charge on any atom is -0.356 e. The number of nitrogens with zero attached hydrogens (tertiary/aromatic N) is 5.